The van der Waals surface area contributed by atoms with E-state index in [4.69, 9.17) is 0 Å². The number of carbonyl (C=O) groups is 1. The van der Waals surface area contributed by atoms with E-state index in [1.54, 1.807) is 11.3 Å². The van der Waals surface area contributed by atoms with Crippen molar-refractivity contribution in [3.05, 3.63) is 17.5 Å². The molecular weight excluding hydrogens is 224 g/mol. The van der Waals surface area contributed by atoms with Crippen LogP contribution >= 0.6 is 23.1 Å². The summed E-state index contributed by atoms with van der Waals surface area (Å²) in [5, 5.41) is 2.63. The van der Waals surface area contributed by atoms with Gasteiger partial charge in [0.25, 0.3) is 0 Å². The first-order chi connectivity index (χ1) is 7.29. The van der Waals surface area contributed by atoms with Gasteiger partial charge in [0.05, 0.1) is 4.21 Å². The molecule has 2 unspecified atom stereocenters. The van der Waals surface area contributed by atoms with Gasteiger partial charge in [0.15, 0.2) is 0 Å². The molecular formula is C12H16OS2. The SMILES string of the molecule is CCC1CCC(=O)CC1Sc1cccs1. The summed E-state index contributed by atoms with van der Waals surface area (Å²) in [5.74, 6) is 1.18. The van der Waals surface area contributed by atoms with Crippen molar-refractivity contribution in [3.63, 3.8) is 0 Å². The Morgan fingerprint density at radius 3 is 3.13 bits per heavy atom. The monoisotopic (exact) mass is 240 g/mol. The number of ketones is 1. The second kappa shape index (κ2) is 5.17. The highest BCUT2D eigenvalue weighted by Crippen LogP contribution is 2.39. The van der Waals surface area contributed by atoms with Crippen LogP contribution in [0.25, 0.3) is 0 Å². The quantitative estimate of drug-likeness (QED) is 0.794. The molecule has 0 radical (unpaired) electrons. The molecule has 1 aliphatic carbocycles. The molecule has 2 rings (SSSR count). The summed E-state index contributed by atoms with van der Waals surface area (Å²) in [5.41, 5.74) is 0. The van der Waals surface area contributed by atoms with Gasteiger partial charge in [-0.2, -0.15) is 0 Å². The largest absolute Gasteiger partial charge is 0.300 e. The van der Waals surface area contributed by atoms with Gasteiger partial charge in [-0.1, -0.05) is 19.4 Å². The predicted octanol–water partition coefficient (Wildman–Crippen LogP) is 3.99. The zero-order valence-electron chi connectivity index (χ0n) is 8.94. The van der Waals surface area contributed by atoms with Crippen LogP contribution in [0.4, 0.5) is 0 Å². The van der Waals surface area contributed by atoms with E-state index in [0.29, 0.717) is 11.0 Å². The van der Waals surface area contributed by atoms with Crippen molar-refractivity contribution in [2.24, 2.45) is 5.92 Å². The Balaban J connectivity index is 2.01. The van der Waals surface area contributed by atoms with E-state index in [0.717, 1.165) is 25.2 Å². The van der Waals surface area contributed by atoms with E-state index in [-0.39, 0.29) is 0 Å². The average Bonchev–Trinajstić information content (AvgIpc) is 2.71. The van der Waals surface area contributed by atoms with E-state index in [9.17, 15) is 4.79 Å². The molecule has 1 heterocycles. The number of hydrogen-bond acceptors (Lipinski definition) is 3. The predicted molar refractivity (Wildman–Crippen MR) is 66.6 cm³/mol. The van der Waals surface area contributed by atoms with Crippen molar-refractivity contribution in [1.29, 1.82) is 0 Å². The molecule has 0 saturated heterocycles. The lowest BCUT2D eigenvalue weighted by Gasteiger charge is -2.28. The standard InChI is InChI=1S/C12H16OS2/c1-2-9-5-6-10(13)8-11(9)15-12-4-3-7-14-12/h3-4,7,9,11H,2,5-6,8H2,1H3. The first kappa shape index (κ1) is 11.2. The summed E-state index contributed by atoms with van der Waals surface area (Å²) in [6, 6.07) is 4.24. The number of thiophene rings is 1. The highest BCUT2D eigenvalue weighted by atomic mass is 32.2. The maximum Gasteiger partial charge on any atom is 0.134 e. The van der Waals surface area contributed by atoms with Crippen LogP contribution in [0.5, 0.6) is 0 Å². The first-order valence-electron chi connectivity index (χ1n) is 5.51. The van der Waals surface area contributed by atoms with Crippen LogP contribution in [0.15, 0.2) is 21.7 Å². The number of rotatable bonds is 3. The minimum atomic E-state index is 0.453. The minimum absolute atomic E-state index is 0.453. The topological polar surface area (TPSA) is 17.1 Å². The molecule has 0 spiro atoms. The number of carbonyl (C=O) groups excluding carboxylic acids is 1. The molecule has 0 bridgehead atoms. The third kappa shape index (κ3) is 2.85. The highest BCUT2D eigenvalue weighted by molar-refractivity contribution is 8.01. The molecule has 3 heteroatoms. The third-order valence-electron chi connectivity index (χ3n) is 3.04. The first-order valence-corrected chi connectivity index (χ1v) is 7.27. The van der Waals surface area contributed by atoms with E-state index in [1.807, 2.05) is 11.8 Å². The third-order valence-corrected chi connectivity index (χ3v) is 5.50. The maximum absolute atomic E-state index is 11.5. The molecule has 0 amide bonds. The normalized spacial score (nSPS) is 26.9. The van der Waals surface area contributed by atoms with Gasteiger partial charge in [-0.25, -0.2) is 0 Å². The Kier molecular flexibility index (Phi) is 3.87. The fraction of sp³-hybridized carbons (Fsp3) is 0.583. The maximum atomic E-state index is 11.5. The molecule has 1 aliphatic rings. The molecule has 1 saturated carbocycles. The van der Waals surface area contributed by atoms with Gasteiger partial charge in [0.1, 0.15) is 5.78 Å². The molecule has 15 heavy (non-hydrogen) atoms. The second-order valence-corrected chi connectivity index (χ2v) is 6.53. The van der Waals surface area contributed by atoms with Crippen LogP contribution in [0.1, 0.15) is 32.6 Å². The van der Waals surface area contributed by atoms with Crippen LogP contribution in [0.3, 0.4) is 0 Å². The van der Waals surface area contributed by atoms with Gasteiger partial charge in [0.2, 0.25) is 0 Å². The van der Waals surface area contributed by atoms with Crippen molar-refractivity contribution in [1.82, 2.24) is 0 Å². The molecule has 0 N–H and O–H groups in total. The Bertz CT molecular complexity index is 318. The molecule has 0 aliphatic heterocycles. The molecule has 82 valence electrons. The molecule has 0 aromatic carbocycles. The van der Waals surface area contributed by atoms with Crippen molar-refractivity contribution in [2.75, 3.05) is 0 Å². The zero-order valence-corrected chi connectivity index (χ0v) is 10.6. The van der Waals surface area contributed by atoms with E-state index < -0.39 is 0 Å². The lowest BCUT2D eigenvalue weighted by Crippen LogP contribution is -2.26. The van der Waals surface area contributed by atoms with Crippen LogP contribution in [-0.2, 0) is 4.79 Å². The Morgan fingerprint density at radius 1 is 1.60 bits per heavy atom. The van der Waals surface area contributed by atoms with Gasteiger partial charge >= 0.3 is 0 Å². The lowest BCUT2D eigenvalue weighted by molar-refractivity contribution is -0.120. The minimum Gasteiger partial charge on any atom is -0.300 e. The molecule has 1 aromatic heterocycles. The van der Waals surface area contributed by atoms with Gasteiger partial charge < -0.3 is 0 Å². The Morgan fingerprint density at radius 2 is 2.47 bits per heavy atom. The van der Waals surface area contributed by atoms with Gasteiger partial charge in [-0.15, -0.1) is 23.1 Å². The average molecular weight is 240 g/mol. The van der Waals surface area contributed by atoms with Crippen molar-refractivity contribution in [3.8, 4) is 0 Å². The van der Waals surface area contributed by atoms with Gasteiger partial charge in [0, 0.05) is 18.1 Å². The smallest absolute Gasteiger partial charge is 0.134 e. The summed E-state index contributed by atoms with van der Waals surface area (Å²) >= 11 is 3.69. The van der Waals surface area contributed by atoms with E-state index in [2.05, 4.69) is 24.4 Å². The van der Waals surface area contributed by atoms with Crippen molar-refractivity contribution in [2.45, 2.75) is 42.1 Å². The number of Topliss-reactive ketones (excluding diaryl/α,β-unsaturated/α-hetero) is 1. The Labute approximate surface area is 99.3 Å². The lowest BCUT2D eigenvalue weighted by atomic mass is 9.86. The fourth-order valence-electron chi connectivity index (χ4n) is 2.11. The van der Waals surface area contributed by atoms with Crippen LogP contribution in [0.2, 0.25) is 0 Å². The van der Waals surface area contributed by atoms with E-state index in [1.165, 1.54) is 10.6 Å². The van der Waals surface area contributed by atoms with Gasteiger partial charge in [-0.05, 0) is 23.8 Å². The summed E-state index contributed by atoms with van der Waals surface area (Å²) in [4.78, 5) is 11.5. The molecule has 2 atom stereocenters. The van der Waals surface area contributed by atoms with Gasteiger partial charge in [-0.3, -0.25) is 4.79 Å². The summed E-state index contributed by atoms with van der Waals surface area (Å²) < 4.78 is 1.35. The molecule has 1 fully saturated rings. The highest BCUT2D eigenvalue weighted by Gasteiger charge is 2.28. The summed E-state index contributed by atoms with van der Waals surface area (Å²) in [6.07, 6.45) is 3.88. The van der Waals surface area contributed by atoms with E-state index >= 15 is 0 Å². The fourth-order valence-corrected chi connectivity index (χ4v) is 4.56. The van der Waals surface area contributed by atoms with Crippen molar-refractivity contribution < 1.29 is 4.79 Å². The van der Waals surface area contributed by atoms with Crippen molar-refractivity contribution >= 4 is 28.9 Å². The zero-order chi connectivity index (χ0) is 10.7. The van der Waals surface area contributed by atoms with Crippen LogP contribution in [-0.4, -0.2) is 11.0 Å². The number of hydrogen-bond donors (Lipinski definition) is 0. The summed E-state index contributed by atoms with van der Waals surface area (Å²) in [6.45, 7) is 2.24. The molecule has 1 aromatic rings. The Hall–Kier alpha value is -0.280. The van der Waals surface area contributed by atoms with Crippen LogP contribution < -0.4 is 0 Å². The summed E-state index contributed by atoms with van der Waals surface area (Å²) in [7, 11) is 0. The molecule has 1 nitrogen and oxygen atoms in total. The second-order valence-electron chi connectivity index (χ2n) is 4.04. The van der Waals surface area contributed by atoms with Crippen LogP contribution in [0, 0.1) is 5.92 Å². The number of thioether (sulfide) groups is 1.